The van der Waals surface area contributed by atoms with Crippen molar-refractivity contribution in [1.29, 1.82) is 0 Å². The fourth-order valence-corrected chi connectivity index (χ4v) is 1.59. The van der Waals surface area contributed by atoms with Crippen LogP contribution in [-0.4, -0.2) is 30.4 Å². The molecule has 2 N–H and O–H groups in total. The Hall–Kier alpha value is -1.53. The van der Waals surface area contributed by atoms with Crippen molar-refractivity contribution in [2.45, 2.75) is 6.42 Å². The Morgan fingerprint density at radius 1 is 1.41 bits per heavy atom. The molecule has 0 aliphatic carbocycles. The molecular weight excluding hydrogens is 244 g/mol. The van der Waals surface area contributed by atoms with Crippen LogP contribution >= 0.6 is 0 Å². The van der Waals surface area contributed by atoms with Gasteiger partial charge >= 0.3 is 0 Å². The van der Waals surface area contributed by atoms with E-state index in [-0.39, 0.29) is 12.4 Å². The van der Waals surface area contributed by atoms with Crippen LogP contribution in [0, 0.1) is 0 Å². The van der Waals surface area contributed by atoms with Crippen molar-refractivity contribution in [1.82, 2.24) is 0 Å². The standard InChI is InChI=1S/C11H14O5S/c1-2-4-9-10(12)5-3-6-11(9)16-7-8-17(13,14)15/h2-3,5-6,12H,1,4,7-8H2,(H,13,14,15). The zero-order valence-electron chi connectivity index (χ0n) is 9.17. The zero-order valence-corrected chi connectivity index (χ0v) is 9.98. The molecule has 0 aromatic heterocycles. The van der Waals surface area contributed by atoms with Crippen LogP contribution < -0.4 is 4.74 Å². The highest BCUT2D eigenvalue weighted by molar-refractivity contribution is 7.85. The fourth-order valence-electron chi connectivity index (χ4n) is 1.30. The van der Waals surface area contributed by atoms with Crippen molar-refractivity contribution >= 4 is 10.1 Å². The molecular formula is C11H14O5S. The fraction of sp³-hybridized carbons (Fsp3) is 0.273. The second kappa shape index (κ2) is 5.70. The lowest BCUT2D eigenvalue weighted by Crippen LogP contribution is -2.13. The van der Waals surface area contributed by atoms with Gasteiger partial charge in [0.2, 0.25) is 0 Å². The molecule has 0 heterocycles. The summed E-state index contributed by atoms with van der Waals surface area (Å²) in [4.78, 5) is 0. The van der Waals surface area contributed by atoms with Crippen LogP contribution in [-0.2, 0) is 16.5 Å². The third-order valence-electron chi connectivity index (χ3n) is 2.06. The average Bonchev–Trinajstić information content (AvgIpc) is 2.21. The molecule has 0 amide bonds. The van der Waals surface area contributed by atoms with Gasteiger partial charge in [-0.1, -0.05) is 12.1 Å². The van der Waals surface area contributed by atoms with Gasteiger partial charge in [-0.25, -0.2) is 0 Å². The SMILES string of the molecule is C=CCc1c(O)cccc1OCCS(=O)(=O)O. The topological polar surface area (TPSA) is 83.8 Å². The number of ether oxygens (including phenoxy) is 1. The second-order valence-electron chi connectivity index (χ2n) is 3.38. The highest BCUT2D eigenvalue weighted by Gasteiger charge is 2.09. The minimum Gasteiger partial charge on any atom is -0.508 e. The summed E-state index contributed by atoms with van der Waals surface area (Å²) >= 11 is 0. The van der Waals surface area contributed by atoms with E-state index in [9.17, 15) is 13.5 Å². The van der Waals surface area contributed by atoms with Crippen molar-refractivity contribution in [3.05, 3.63) is 36.4 Å². The average molecular weight is 258 g/mol. The molecule has 94 valence electrons. The summed E-state index contributed by atoms with van der Waals surface area (Å²) in [6, 6.07) is 4.71. The summed E-state index contributed by atoms with van der Waals surface area (Å²) in [6.45, 7) is 3.38. The minimum atomic E-state index is -4.04. The second-order valence-corrected chi connectivity index (χ2v) is 4.95. The molecule has 0 bridgehead atoms. The first-order chi connectivity index (χ1) is 7.94. The predicted molar refractivity (Wildman–Crippen MR) is 63.9 cm³/mol. The maximum absolute atomic E-state index is 10.5. The highest BCUT2D eigenvalue weighted by atomic mass is 32.2. The van der Waals surface area contributed by atoms with Crippen LogP contribution in [0.2, 0.25) is 0 Å². The van der Waals surface area contributed by atoms with Crippen molar-refractivity contribution in [2.75, 3.05) is 12.4 Å². The molecule has 0 saturated heterocycles. The van der Waals surface area contributed by atoms with Gasteiger partial charge in [-0.05, 0) is 18.6 Å². The molecule has 17 heavy (non-hydrogen) atoms. The van der Waals surface area contributed by atoms with Gasteiger partial charge < -0.3 is 9.84 Å². The minimum absolute atomic E-state index is 0.0641. The van der Waals surface area contributed by atoms with Crippen LogP contribution in [0.25, 0.3) is 0 Å². The molecule has 0 unspecified atom stereocenters. The van der Waals surface area contributed by atoms with E-state index in [1.54, 1.807) is 18.2 Å². The van der Waals surface area contributed by atoms with Crippen molar-refractivity contribution < 1.29 is 22.8 Å². The third kappa shape index (κ3) is 4.46. The Kier molecular flexibility index (Phi) is 4.53. The third-order valence-corrected chi connectivity index (χ3v) is 2.74. The Balaban J connectivity index is 2.76. The molecule has 0 atom stereocenters. The molecule has 0 aliphatic heterocycles. The maximum atomic E-state index is 10.5. The molecule has 0 radical (unpaired) electrons. The summed E-state index contributed by atoms with van der Waals surface area (Å²) in [5.41, 5.74) is 0.540. The number of allylic oxidation sites excluding steroid dienone is 1. The van der Waals surface area contributed by atoms with Crippen LogP contribution in [0.4, 0.5) is 0 Å². The Morgan fingerprint density at radius 3 is 2.71 bits per heavy atom. The summed E-state index contributed by atoms with van der Waals surface area (Å²) in [5.74, 6) is -0.0429. The summed E-state index contributed by atoms with van der Waals surface area (Å²) < 4.78 is 34.8. The van der Waals surface area contributed by atoms with Crippen molar-refractivity contribution in [2.24, 2.45) is 0 Å². The number of hydrogen-bond donors (Lipinski definition) is 2. The number of aromatic hydroxyl groups is 1. The van der Waals surface area contributed by atoms with Crippen LogP contribution in [0.3, 0.4) is 0 Å². The van der Waals surface area contributed by atoms with E-state index in [1.165, 1.54) is 6.07 Å². The van der Waals surface area contributed by atoms with Crippen LogP contribution in [0.15, 0.2) is 30.9 Å². The Bertz CT molecular complexity index is 493. The number of phenolic OH excluding ortho intramolecular Hbond substituents is 1. The van der Waals surface area contributed by atoms with Gasteiger partial charge in [0.1, 0.15) is 23.9 Å². The molecule has 1 aromatic rings. The van der Waals surface area contributed by atoms with E-state index in [0.29, 0.717) is 17.7 Å². The monoisotopic (exact) mass is 258 g/mol. The lowest BCUT2D eigenvalue weighted by atomic mass is 10.1. The van der Waals surface area contributed by atoms with Gasteiger partial charge in [-0.3, -0.25) is 4.55 Å². The van der Waals surface area contributed by atoms with Gasteiger partial charge in [0, 0.05) is 5.56 Å². The lowest BCUT2D eigenvalue weighted by Gasteiger charge is -2.11. The largest absolute Gasteiger partial charge is 0.508 e. The molecule has 6 heteroatoms. The number of rotatable bonds is 6. The summed E-state index contributed by atoms with van der Waals surface area (Å²) in [7, 11) is -4.04. The zero-order chi connectivity index (χ0) is 12.9. The summed E-state index contributed by atoms with van der Waals surface area (Å²) in [5, 5.41) is 9.59. The van der Waals surface area contributed by atoms with E-state index >= 15 is 0 Å². The Morgan fingerprint density at radius 2 is 2.12 bits per heavy atom. The molecule has 1 aromatic carbocycles. The maximum Gasteiger partial charge on any atom is 0.268 e. The molecule has 0 fully saturated rings. The molecule has 1 rings (SSSR count). The first-order valence-corrected chi connectivity index (χ1v) is 6.54. The van der Waals surface area contributed by atoms with Gasteiger partial charge in [0.25, 0.3) is 10.1 Å². The molecule has 5 nitrogen and oxygen atoms in total. The van der Waals surface area contributed by atoms with E-state index < -0.39 is 15.9 Å². The number of phenols is 1. The highest BCUT2D eigenvalue weighted by Crippen LogP contribution is 2.28. The lowest BCUT2D eigenvalue weighted by molar-refractivity contribution is 0.330. The summed E-state index contributed by atoms with van der Waals surface area (Å²) in [6.07, 6.45) is 2.01. The van der Waals surface area contributed by atoms with Gasteiger partial charge in [-0.15, -0.1) is 6.58 Å². The van der Waals surface area contributed by atoms with E-state index in [0.717, 1.165) is 0 Å². The van der Waals surface area contributed by atoms with E-state index in [1.807, 2.05) is 0 Å². The predicted octanol–water partition coefficient (Wildman–Crippen LogP) is 1.39. The number of hydrogen-bond acceptors (Lipinski definition) is 4. The quantitative estimate of drug-likeness (QED) is 0.595. The number of benzene rings is 1. The first-order valence-electron chi connectivity index (χ1n) is 4.94. The normalized spacial score (nSPS) is 11.1. The van der Waals surface area contributed by atoms with Crippen LogP contribution in [0.5, 0.6) is 11.5 Å². The molecule has 0 spiro atoms. The first kappa shape index (κ1) is 13.5. The van der Waals surface area contributed by atoms with Crippen LogP contribution in [0.1, 0.15) is 5.56 Å². The Labute approximate surface area is 100 Å². The van der Waals surface area contributed by atoms with E-state index in [2.05, 4.69) is 6.58 Å². The van der Waals surface area contributed by atoms with Gasteiger partial charge in [0.05, 0.1) is 0 Å². The van der Waals surface area contributed by atoms with Gasteiger partial charge in [-0.2, -0.15) is 8.42 Å². The van der Waals surface area contributed by atoms with Crippen molar-refractivity contribution in [3.8, 4) is 11.5 Å². The molecule has 0 aliphatic rings. The molecule has 0 saturated carbocycles. The smallest absolute Gasteiger partial charge is 0.268 e. The van der Waals surface area contributed by atoms with E-state index in [4.69, 9.17) is 9.29 Å². The van der Waals surface area contributed by atoms with Gasteiger partial charge in [0.15, 0.2) is 0 Å². The van der Waals surface area contributed by atoms with Crippen molar-refractivity contribution in [3.63, 3.8) is 0 Å².